The van der Waals surface area contributed by atoms with E-state index in [1.165, 1.54) is 11.1 Å². The van der Waals surface area contributed by atoms with Crippen LogP contribution >= 0.6 is 63.7 Å². The van der Waals surface area contributed by atoms with Crippen LogP contribution in [0.3, 0.4) is 0 Å². The SMILES string of the molecule is Brc1ccc(C2(c3ccc(Br)cc3)CC2(Br)Br)cc1. The molecule has 1 aliphatic rings. The molecule has 1 fully saturated rings. The van der Waals surface area contributed by atoms with E-state index in [2.05, 4.69) is 112 Å². The lowest BCUT2D eigenvalue weighted by Crippen LogP contribution is -2.16. The fourth-order valence-corrected chi connectivity index (χ4v) is 4.84. The molecule has 98 valence electrons. The van der Waals surface area contributed by atoms with Crippen molar-refractivity contribution >= 4 is 63.7 Å². The molecule has 1 aliphatic carbocycles. The average Bonchev–Trinajstić information content (AvgIpc) is 2.95. The molecule has 2 aromatic rings. The van der Waals surface area contributed by atoms with Crippen LogP contribution in [0.1, 0.15) is 17.5 Å². The first-order chi connectivity index (χ1) is 8.96. The third-order valence-electron chi connectivity index (χ3n) is 3.66. The molecule has 0 saturated heterocycles. The molecule has 0 aliphatic heterocycles. The Morgan fingerprint density at radius 3 is 1.26 bits per heavy atom. The first-order valence-corrected chi connectivity index (χ1v) is 9.03. The van der Waals surface area contributed by atoms with Crippen LogP contribution in [0.5, 0.6) is 0 Å². The van der Waals surface area contributed by atoms with E-state index in [0.717, 1.165) is 15.4 Å². The smallest absolute Gasteiger partial charge is 0.0713 e. The van der Waals surface area contributed by atoms with Gasteiger partial charge in [-0.25, -0.2) is 0 Å². The van der Waals surface area contributed by atoms with Crippen LogP contribution in [0.4, 0.5) is 0 Å². The first-order valence-electron chi connectivity index (χ1n) is 5.86. The highest BCUT2D eigenvalue weighted by Crippen LogP contribution is 2.70. The topological polar surface area (TPSA) is 0 Å². The Morgan fingerprint density at radius 2 is 1.00 bits per heavy atom. The van der Waals surface area contributed by atoms with Gasteiger partial charge in [-0.05, 0) is 41.8 Å². The molecule has 0 radical (unpaired) electrons. The summed E-state index contributed by atoms with van der Waals surface area (Å²) in [6.07, 6.45) is 1.04. The van der Waals surface area contributed by atoms with Crippen molar-refractivity contribution in [2.24, 2.45) is 0 Å². The highest BCUT2D eigenvalue weighted by Gasteiger charge is 2.66. The number of hydrogen-bond donors (Lipinski definition) is 0. The number of rotatable bonds is 2. The van der Waals surface area contributed by atoms with Crippen molar-refractivity contribution in [2.45, 2.75) is 15.1 Å². The Morgan fingerprint density at radius 1 is 0.684 bits per heavy atom. The van der Waals surface area contributed by atoms with Gasteiger partial charge in [0, 0.05) is 14.4 Å². The van der Waals surface area contributed by atoms with Gasteiger partial charge in [-0.1, -0.05) is 88.0 Å². The van der Waals surface area contributed by atoms with Crippen molar-refractivity contribution in [1.82, 2.24) is 0 Å². The molecule has 4 heteroatoms. The summed E-state index contributed by atoms with van der Waals surface area (Å²) in [5.41, 5.74) is 2.66. The fraction of sp³-hybridized carbons (Fsp3) is 0.200. The summed E-state index contributed by atoms with van der Waals surface area (Å²) < 4.78 is 2.17. The van der Waals surface area contributed by atoms with Crippen molar-refractivity contribution in [2.75, 3.05) is 0 Å². The summed E-state index contributed by atoms with van der Waals surface area (Å²) in [5.74, 6) is 0. The van der Waals surface area contributed by atoms with Gasteiger partial charge in [0.25, 0.3) is 0 Å². The Balaban J connectivity index is 2.11. The zero-order chi connectivity index (χ0) is 13.7. The van der Waals surface area contributed by atoms with Gasteiger partial charge >= 0.3 is 0 Å². The monoisotopic (exact) mass is 506 g/mol. The molecule has 0 N–H and O–H groups in total. The van der Waals surface area contributed by atoms with Crippen LogP contribution in [-0.4, -0.2) is 3.23 Å². The second-order valence-electron chi connectivity index (χ2n) is 4.80. The molecular weight excluding hydrogens is 500 g/mol. The van der Waals surface area contributed by atoms with E-state index in [1.807, 2.05) is 0 Å². The Labute approximate surface area is 146 Å². The van der Waals surface area contributed by atoms with Gasteiger partial charge in [-0.2, -0.15) is 0 Å². The quantitative estimate of drug-likeness (QED) is 0.412. The minimum atomic E-state index is -0.0470. The predicted octanol–water partition coefficient (Wildman–Crippen LogP) is 6.39. The molecule has 0 nitrogen and oxygen atoms in total. The minimum absolute atomic E-state index is 0.00833. The first kappa shape index (κ1) is 14.3. The Hall–Kier alpha value is 0.360. The minimum Gasteiger partial charge on any atom is -0.0713 e. The van der Waals surface area contributed by atoms with E-state index >= 15 is 0 Å². The van der Waals surface area contributed by atoms with Crippen molar-refractivity contribution in [3.8, 4) is 0 Å². The number of benzene rings is 2. The summed E-state index contributed by atoms with van der Waals surface area (Å²) >= 11 is 14.6. The maximum absolute atomic E-state index is 3.81. The molecule has 19 heavy (non-hydrogen) atoms. The number of halogens is 4. The van der Waals surface area contributed by atoms with Crippen molar-refractivity contribution in [1.29, 1.82) is 0 Å². The third-order valence-corrected chi connectivity index (χ3v) is 6.63. The maximum Gasteiger partial charge on any atom is 0.0955 e. The molecule has 1 saturated carbocycles. The normalized spacial score (nSPS) is 19.2. The molecule has 0 heterocycles. The van der Waals surface area contributed by atoms with Gasteiger partial charge in [0.2, 0.25) is 0 Å². The lowest BCUT2D eigenvalue weighted by atomic mass is 9.88. The van der Waals surface area contributed by atoms with Gasteiger partial charge in [0.15, 0.2) is 0 Å². The van der Waals surface area contributed by atoms with Crippen molar-refractivity contribution in [3.05, 3.63) is 68.6 Å². The van der Waals surface area contributed by atoms with Gasteiger partial charge in [-0.3, -0.25) is 0 Å². The van der Waals surface area contributed by atoms with Gasteiger partial charge in [-0.15, -0.1) is 0 Å². The number of alkyl halides is 2. The van der Waals surface area contributed by atoms with E-state index in [4.69, 9.17) is 0 Å². The van der Waals surface area contributed by atoms with Crippen LogP contribution < -0.4 is 0 Å². The van der Waals surface area contributed by atoms with E-state index < -0.39 is 0 Å². The summed E-state index contributed by atoms with van der Waals surface area (Å²) in [4.78, 5) is 0. The lowest BCUT2D eigenvalue weighted by Gasteiger charge is -2.20. The summed E-state index contributed by atoms with van der Waals surface area (Å²) in [5, 5.41) is 0. The second kappa shape index (κ2) is 4.97. The van der Waals surface area contributed by atoms with Gasteiger partial charge in [0.1, 0.15) is 0 Å². The maximum atomic E-state index is 3.81. The van der Waals surface area contributed by atoms with Crippen LogP contribution in [0.25, 0.3) is 0 Å². The summed E-state index contributed by atoms with van der Waals surface area (Å²) in [7, 11) is 0. The fourth-order valence-electron chi connectivity index (χ4n) is 2.55. The highest BCUT2D eigenvalue weighted by molar-refractivity contribution is 9.25. The number of hydrogen-bond acceptors (Lipinski definition) is 0. The molecule has 0 aromatic heterocycles. The van der Waals surface area contributed by atoms with Crippen LogP contribution in [0.2, 0.25) is 0 Å². The van der Waals surface area contributed by atoms with E-state index in [-0.39, 0.29) is 8.65 Å². The molecule has 3 rings (SSSR count). The Bertz CT molecular complexity index is 554. The summed E-state index contributed by atoms with van der Waals surface area (Å²) in [6.45, 7) is 0. The Kier molecular flexibility index (Phi) is 3.74. The zero-order valence-corrected chi connectivity index (χ0v) is 16.2. The van der Waals surface area contributed by atoms with E-state index in [1.54, 1.807) is 0 Å². The van der Waals surface area contributed by atoms with Crippen molar-refractivity contribution in [3.63, 3.8) is 0 Å². The van der Waals surface area contributed by atoms with Gasteiger partial charge in [0.05, 0.1) is 3.23 Å². The standard InChI is InChI=1S/C15H10Br4/c16-12-5-1-10(2-6-12)14(9-15(14,18)19)11-3-7-13(17)8-4-11/h1-8H,9H2. The second-order valence-corrected chi connectivity index (χ2v) is 10.4. The summed E-state index contributed by atoms with van der Waals surface area (Å²) in [6, 6.07) is 17.2. The van der Waals surface area contributed by atoms with E-state index in [9.17, 15) is 0 Å². The molecular formula is C15H10Br4. The highest BCUT2D eigenvalue weighted by atomic mass is 79.9. The molecule has 0 spiro atoms. The molecule has 0 atom stereocenters. The van der Waals surface area contributed by atoms with E-state index in [0.29, 0.717) is 0 Å². The zero-order valence-electron chi connectivity index (χ0n) is 9.84. The van der Waals surface area contributed by atoms with Crippen LogP contribution in [0.15, 0.2) is 57.5 Å². The van der Waals surface area contributed by atoms with Crippen LogP contribution in [-0.2, 0) is 5.41 Å². The molecule has 0 unspecified atom stereocenters. The predicted molar refractivity (Wildman–Crippen MR) is 94.3 cm³/mol. The average molecular weight is 510 g/mol. The molecule has 2 aromatic carbocycles. The largest absolute Gasteiger partial charge is 0.0955 e. The van der Waals surface area contributed by atoms with Crippen LogP contribution in [0, 0.1) is 0 Å². The lowest BCUT2D eigenvalue weighted by molar-refractivity contribution is 0.845. The van der Waals surface area contributed by atoms with Gasteiger partial charge < -0.3 is 0 Å². The third kappa shape index (κ3) is 2.39. The molecule has 0 amide bonds. The molecule has 0 bridgehead atoms. The van der Waals surface area contributed by atoms with Crippen molar-refractivity contribution < 1.29 is 0 Å².